The van der Waals surface area contributed by atoms with Gasteiger partial charge in [-0.25, -0.2) is 10.1 Å². The molecular weight excluding hydrogens is 332 g/mol. The molecule has 0 aliphatic heterocycles. The third-order valence-electron chi connectivity index (χ3n) is 2.31. The highest BCUT2D eigenvalue weighted by atomic mass is 79.9. The Morgan fingerprint density at radius 1 is 1.47 bits per heavy atom. The number of nitrogens with one attached hydrogen (secondary N) is 1. The fraction of sp³-hybridized carbons (Fsp3) is 0.182. The Balaban J connectivity index is 0.00000180. The Morgan fingerprint density at radius 3 is 2.89 bits per heavy atom. The molecule has 2 rings (SSSR count). The van der Waals surface area contributed by atoms with E-state index in [1.54, 1.807) is 6.21 Å². The minimum atomic E-state index is 0. The van der Waals surface area contributed by atoms with E-state index < -0.39 is 0 Å². The Kier molecular flexibility index (Phi) is 5.78. The van der Waals surface area contributed by atoms with Crippen molar-refractivity contribution in [2.45, 2.75) is 13.3 Å². The fourth-order valence-corrected chi connectivity index (χ4v) is 1.81. The molecule has 0 saturated heterocycles. The van der Waals surface area contributed by atoms with Crippen LogP contribution in [-0.2, 0) is 6.42 Å². The summed E-state index contributed by atoms with van der Waals surface area (Å²) in [5.41, 5.74) is 3.72. The van der Waals surface area contributed by atoms with Crippen molar-refractivity contribution in [1.29, 1.82) is 0 Å². The number of aromatic nitrogens is 3. The first kappa shape index (κ1) is 15.5. The zero-order valence-corrected chi connectivity index (χ0v) is 12.6. The number of nitrogens with zero attached hydrogens (tertiary/aromatic N) is 4. The average molecular weight is 346 g/mol. The van der Waals surface area contributed by atoms with Crippen molar-refractivity contribution in [2.24, 2.45) is 5.10 Å². The van der Waals surface area contributed by atoms with Crippen LogP contribution in [0, 0.1) is 0 Å². The molecule has 0 fully saturated rings. The van der Waals surface area contributed by atoms with Crippen molar-refractivity contribution in [2.75, 3.05) is 11.3 Å². The second-order valence-electron chi connectivity index (χ2n) is 3.59. The van der Waals surface area contributed by atoms with Gasteiger partial charge in [-0.3, -0.25) is 0 Å². The quantitative estimate of drug-likeness (QED) is 0.505. The minimum absolute atomic E-state index is 0. The van der Waals surface area contributed by atoms with Crippen LogP contribution in [0.15, 0.2) is 33.8 Å². The number of hydrogen-bond acceptors (Lipinski definition) is 5. The smallest absolute Gasteiger partial charge is 0.263 e. The van der Waals surface area contributed by atoms with Crippen molar-refractivity contribution in [3.8, 4) is 0 Å². The number of rotatable bonds is 4. The Bertz CT molecular complexity index is 568. The number of halogens is 2. The maximum absolute atomic E-state index is 5.77. The number of nitrogens with two attached hydrogens (primary N) is 1. The van der Waals surface area contributed by atoms with Crippen molar-refractivity contribution in [1.82, 2.24) is 14.9 Å². The highest BCUT2D eigenvalue weighted by Crippen LogP contribution is 2.10. The number of hydrazone groups is 1. The second kappa shape index (κ2) is 7.10. The molecule has 0 aliphatic rings. The van der Waals surface area contributed by atoms with Crippen LogP contribution in [0.3, 0.4) is 0 Å². The highest BCUT2D eigenvalue weighted by Gasteiger charge is 2.05. The summed E-state index contributed by atoms with van der Waals surface area (Å²) >= 11 is 3.39. The molecule has 1 heterocycles. The largest absolute Gasteiger partial charge is 0.335 e. The Labute approximate surface area is 125 Å². The van der Waals surface area contributed by atoms with Gasteiger partial charge < -0.3 is 5.84 Å². The van der Waals surface area contributed by atoms with E-state index >= 15 is 0 Å². The lowest BCUT2D eigenvalue weighted by Gasteiger charge is -2.00. The second-order valence-corrected chi connectivity index (χ2v) is 4.50. The molecule has 0 spiro atoms. The zero-order chi connectivity index (χ0) is 13.0. The highest BCUT2D eigenvalue weighted by molar-refractivity contribution is 9.10. The maximum atomic E-state index is 5.77. The first-order valence-corrected chi connectivity index (χ1v) is 6.24. The average Bonchev–Trinajstić information content (AvgIpc) is 2.71. The predicted octanol–water partition coefficient (Wildman–Crippen LogP) is 2.18. The maximum Gasteiger partial charge on any atom is 0.263 e. The van der Waals surface area contributed by atoms with E-state index in [9.17, 15) is 0 Å². The van der Waals surface area contributed by atoms with Gasteiger partial charge in [0.15, 0.2) is 5.82 Å². The van der Waals surface area contributed by atoms with E-state index in [4.69, 9.17) is 5.84 Å². The van der Waals surface area contributed by atoms with Crippen LogP contribution in [0.25, 0.3) is 0 Å². The van der Waals surface area contributed by atoms with Crippen LogP contribution in [0.5, 0.6) is 0 Å². The summed E-state index contributed by atoms with van der Waals surface area (Å²) in [7, 11) is 0. The molecule has 19 heavy (non-hydrogen) atoms. The third-order valence-corrected chi connectivity index (χ3v) is 2.80. The van der Waals surface area contributed by atoms with Crippen LogP contribution in [0.4, 0.5) is 5.95 Å². The summed E-state index contributed by atoms with van der Waals surface area (Å²) in [5, 5.41) is 11.9. The summed E-state index contributed by atoms with van der Waals surface area (Å²) in [6.07, 6.45) is 2.41. The fourth-order valence-electron chi connectivity index (χ4n) is 1.39. The van der Waals surface area contributed by atoms with E-state index in [2.05, 4.69) is 36.7 Å². The lowest BCUT2D eigenvalue weighted by Crippen LogP contribution is -2.14. The topological polar surface area (TPSA) is 81.1 Å². The molecule has 2 aromatic rings. The van der Waals surface area contributed by atoms with Crippen molar-refractivity contribution in [3.05, 3.63) is 40.1 Å². The van der Waals surface area contributed by atoms with Crippen LogP contribution in [0.1, 0.15) is 18.3 Å². The molecule has 0 bridgehead atoms. The van der Waals surface area contributed by atoms with E-state index in [0.717, 1.165) is 16.5 Å². The first-order valence-electron chi connectivity index (χ1n) is 5.44. The van der Waals surface area contributed by atoms with Gasteiger partial charge in [-0.15, -0.1) is 22.6 Å². The monoisotopic (exact) mass is 344 g/mol. The van der Waals surface area contributed by atoms with Gasteiger partial charge in [0.2, 0.25) is 0 Å². The van der Waals surface area contributed by atoms with E-state index in [1.165, 1.54) is 4.68 Å². The van der Waals surface area contributed by atoms with Crippen LogP contribution < -0.4 is 11.3 Å². The van der Waals surface area contributed by atoms with Gasteiger partial charge >= 0.3 is 0 Å². The van der Waals surface area contributed by atoms with Crippen molar-refractivity contribution >= 4 is 40.5 Å². The summed E-state index contributed by atoms with van der Waals surface area (Å²) < 4.78 is 2.39. The van der Waals surface area contributed by atoms with Crippen LogP contribution >= 0.6 is 28.3 Å². The summed E-state index contributed by atoms with van der Waals surface area (Å²) in [6, 6.07) is 7.79. The number of nitrogen functional groups attached to an aromatic ring is 1. The standard InChI is InChI=1S/C11H13BrN6.ClH/c1-2-10-15-17-11(18(10)13)16-14-7-8-4-3-5-9(12)6-8;/h3-7H,2,13H2,1H3,(H,16,17);1H. The molecule has 102 valence electrons. The number of anilines is 1. The minimum Gasteiger partial charge on any atom is -0.335 e. The lowest BCUT2D eigenvalue weighted by molar-refractivity contribution is 0.855. The van der Waals surface area contributed by atoms with E-state index in [-0.39, 0.29) is 12.4 Å². The molecule has 6 nitrogen and oxygen atoms in total. The first-order chi connectivity index (χ1) is 8.70. The molecular formula is C11H14BrClN6. The lowest BCUT2D eigenvalue weighted by atomic mass is 10.2. The van der Waals surface area contributed by atoms with Crippen LogP contribution in [-0.4, -0.2) is 21.1 Å². The van der Waals surface area contributed by atoms with Gasteiger partial charge in [-0.1, -0.05) is 35.0 Å². The molecule has 0 amide bonds. The zero-order valence-electron chi connectivity index (χ0n) is 10.2. The van der Waals surface area contributed by atoms with E-state index in [1.807, 2.05) is 31.2 Å². The Morgan fingerprint density at radius 2 is 2.26 bits per heavy atom. The molecule has 1 aromatic heterocycles. The summed E-state index contributed by atoms with van der Waals surface area (Å²) in [4.78, 5) is 0. The van der Waals surface area contributed by atoms with Crippen molar-refractivity contribution in [3.63, 3.8) is 0 Å². The third kappa shape index (κ3) is 3.93. The number of aryl methyl sites for hydroxylation is 1. The normalized spacial score (nSPS) is 10.4. The number of hydrogen-bond donors (Lipinski definition) is 2. The molecule has 3 N–H and O–H groups in total. The number of benzene rings is 1. The summed E-state index contributed by atoms with van der Waals surface area (Å²) in [5.74, 6) is 6.88. The molecule has 0 saturated carbocycles. The molecule has 0 atom stereocenters. The van der Waals surface area contributed by atoms with Gasteiger partial charge in [0.05, 0.1) is 6.21 Å². The molecule has 8 heteroatoms. The molecule has 0 unspecified atom stereocenters. The molecule has 0 radical (unpaired) electrons. The van der Waals surface area contributed by atoms with Crippen LogP contribution in [0.2, 0.25) is 0 Å². The molecule has 0 aliphatic carbocycles. The van der Waals surface area contributed by atoms with Gasteiger partial charge in [0, 0.05) is 10.9 Å². The molecule has 1 aromatic carbocycles. The van der Waals surface area contributed by atoms with Gasteiger partial charge in [-0.2, -0.15) is 5.10 Å². The van der Waals surface area contributed by atoms with Crippen molar-refractivity contribution < 1.29 is 0 Å². The summed E-state index contributed by atoms with van der Waals surface area (Å²) in [6.45, 7) is 1.96. The van der Waals surface area contributed by atoms with E-state index in [0.29, 0.717) is 11.8 Å². The van der Waals surface area contributed by atoms with Gasteiger partial charge in [-0.05, 0) is 17.7 Å². The van der Waals surface area contributed by atoms with Gasteiger partial charge in [0.1, 0.15) is 0 Å². The predicted molar refractivity (Wildman–Crippen MR) is 82.2 cm³/mol. The van der Waals surface area contributed by atoms with Gasteiger partial charge in [0.25, 0.3) is 5.95 Å². The Hall–Kier alpha value is -1.60. The SMILES string of the molecule is CCc1nnc(NN=Cc2cccc(Br)c2)n1N.Cl.